The average Bonchev–Trinajstić information content (AvgIpc) is 2.26. The summed E-state index contributed by atoms with van der Waals surface area (Å²) < 4.78 is 38.4. The van der Waals surface area contributed by atoms with E-state index in [2.05, 4.69) is 15.6 Å². The fourth-order valence-corrected chi connectivity index (χ4v) is 1.40. The van der Waals surface area contributed by atoms with Crippen molar-refractivity contribution in [2.24, 2.45) is 0 Å². The fourth-order valence-electron chi connectivity index (χ4n) is 1.40. The fraction of sp³-hybridized carbons (Fsp3) is 0. The van der Waals surface area contributed by atoms with Crippen LogP contribution in [0.25, 0.3) is 0 Å². The Balaban J connectivity index is 2.05. The molecule has 2 aromatic rings. The van der Waals surface area contributed by atoms with Crippen molar-refractivity contribution in [1.82, 2.24) is 4.98 Å². The predicted octanol–water partition coefficient (Wildman–Crippen LogP) is 3.14. The van der Waals surface area contributed by atoms with Crippen molar-refractivity contribution < 1.29 is 18.0 Å². The van der Waals surface area contributed by atoms with E-state index in [-0.39, 0.29) is 11.4 Å². The number of nitrogens with one attached hydrogen (secondary N) is 2. The Kier molecular flexibility index (Phi) is 3.65. The van der Waals surface area contributed by atoms with Crippen molar-refractivity contribution in [2.75, 3.05) is 10.6 Å². The first-order valence-electron chi connectivity index (χ1n) is 5.19. The summed E-state index contributed by atoms with van der Waals surface area (Å²) in [6.07, 6.45) is 0. The molecule has 1 aromatic carbocycles. The molecule has 1 heterocycles. The van der Waals surface area contributed by atoms with Gasteiger partial charge in [0.05, 0.1) is 5.69 Å². The summed E-state index contributed by atoms with van der Waals surface area (Å²) in [5, 5.41) is 4.51. The number of pyridine rings is 1. The number of anilines is 2. The van der Waals surface area contributed by atoms with E-state index in [1.54, 1.807) is 0 Å². The Hall–Kier alpha value is -2.57. The van der Waals surface area contributed by atoms with Crippen LogP contribution < -0.4 is 10.6 Å². The maximum absolute atomic E-state index is 12.9. The lowest BCUT2D eigenvalue weighted by molar-refractivity contribution is 0.262. The molecule has 98 valence electrons. The average molecular weight is 267 g/mol. The van der Waals surface area contributed by atoms with Crippen LogP contribution in [-0.4, -0.2) is 11.0 Å². The molecule has 0 aliphatic rings. The molecule has 0 atom stereocenters. The number of halogens is 3. The Labute approximate surface area is 106 Å². The molecule has 0 radical (unpaired) electrons. The van der Waals surface area contributed by atoms with Gasteiger partial charge in [-0.3, -0.25) is 0 Å². The quantitative estimate of drug-likeness (QED) is 0.821. The summed E-state index contributed by atoms with van der Waals surface area (Å²) in [6, 6.07) is 6.16. The molecule has 19 heavy (non-hydrogen) atoms. The van der Waals surface area contributed by atoms with Gasteiger partial charge in [-0.25, -0.2) is 9.18 Å². The summed E-state index contributed by atoms with van der Waals surface area (Å²) in [7, 11) is 0. The van der Waals surface area contributed by atoms with E-state index >= 15 is 0 Å². The molecular weight excluding hydrogens is 259 g/mol. The number of urea groups is 1. The first kappa shape index (κ1) is 12.9. The Bertz CT molecular complexity index is 599. The van der Waals surface area contributed by atoms with Gasteiger partial charge in [-0.2, -0.15) is 13.8 Å². The topological polar surface area (TPSA) is 54.0 Å². The Morgan fingerprint density at radius 3 is 2.21 bits per heavy atom. The minimum absolute atomic E-state index is 0.0982. The van der Waals surface area contributed by atoms with Crippen LogP contribution in [-0.2, 0) is 0 Å². The first-order chi connectivity index (χ1) is 9.02. The van der Waals surface area contributed by atoms with Crippen molar-refractivity contribution in [1.29, 1.82) is 0 Å². The number of hydrogen-bond acceptors (Lipinski definition) is 2. The van der Waals surface area contributed by atoms with Crippen LogP contribution >= 0.6 is 0 Å². The zero-order valence-corrected chi connectivity index (χ0v) is 9.45. The van der Waals surface area contributed by atoms with Crippen LogP contribution in [0.3, 0.4) is 0 Å². The number of carbonyl (C=O) groups is 1. The van der Waals surface area contributed by atoms with Crippen LogP contribution in [0.1, 0.15) is 0 Å². The highest BCUT2D eigenvalue weighted by atomic mass is 19.1. The van der Waals surface area contributed by atoms with Gasteiger partial charge in [-0.15, -0.1) is 0 Å². The third-order valence-electron chi connectivity index (χ3n) is 2.10. The second-order valence-electron chi connectivity index (χ2n) is 3.59. The molecule has 0 aliphatic carbocycles. The van der Waals surface area contributed by atoms with Gasteiger partial charge in [-0.05, 0) is 18.2 Å². The molecule has 2 rings (SSSR count). The zero-order chi connectivity index (χ0) is 13.8. The van der Waals surface area contributed by atoms with Gasteiger partial charge in [0.25, 0.3) is 0 Å². The highest BCUT2D eigenvalue weighted by Gasteiger charge is 2.06. The number of nitrogens with zero attached hydrogens (tertiary/aromatic N) is 1. The van der Waals surface area contributed by atoms with Gasteiger partial charge < -0.3 is 10.6 Å². The van der Waals surface area contributed by atoms with Crippen molar-refractivity contribution in [3.05, 3.63) is 54.1 Å². The SMILES string of the molecule is O=C(Nc1cccc(F)c1)Nc1cc(F)nc(F)c1. The first-order valence-corrected chi connectivity index (χ1v) is 5.19. The van der Waals surface area contributed by atoms with Crippen LogP contribution in [0, 0.1) is 17.7 Å². The number of carbonyl (C=O) groups excluding carboxylic acids is 1. The van der Waals surface area contributed by atoms with Crippen molar-refractivity contribution in [3.63, 3.8) is 0 Å². The minimum atomic E-state index is -1.05. The molecule has 2 N–H and O–H groups in total. The molecule has 0 fully saturated rings. The largest absolute Gasteiger partial charge is 0.323 e. The van der Waals surface area contributed by atoms with Gasteiger partial charge in [0.2, 0.25) is 11.9 Å². The number of aromatic nitrogens is 1. The number of hydrogen-bond donors (Lipinski definition) is 2. The molecule has 4 nitrogen and oxygen atoms in total. The monoisotopic (exact) mass is 267 g/mol. The third-order valence-corrected chi connectivity index (χ3v) is 2.10. The van der Waals surface area contributed by atoms with E-state index in [4.69, 9.17) is 0 Å². The molecule has 0 spiro atoms. The maximum Gasteiger partial charge on any atom is 0.323 e. The third kappa shape index (κ3) is 3.70. The van der Waals surface area contributed by atoms with Crippen molar-refractivity contribution in [2.45, 2.75) is 0 Å². The molecular formula is C12H8F3N3O. The second-order valence-corrected chi connectivity index (χ2v) is 3.59. The second kappa shape index (κ2) is 5.38. The molecule has 0 aliphatic heterocycles. The molecule has 0 unspecified atom stereocenters. The number of amides is 2. The molecule has 7 heteroatoms. The maximum atomic E-state index is 12.9. The molecule has 0 saturated carbocycles. The lowest BCUT2D eigenvalue weighted by atomic mass is 10.3. The zero-order valence-electron chi connectivity index (χ0n) is 9.45. The summed E-state index contributed by atoms with van der Waals surface area (Å²) in [5.41, 5.74) is 0.117. The molecule has 0 saturated heterocycles. The summed E-state index contributed by atoms with van der Waals surface area (Å²) in [4.78, 5) is 14.4. The van der Waals surface area contributed by atoms with Gasteiger partial charge in [0, 0.05) is 17.8 Å². The predicted molar refractivity (Wildman–Crippen MR) is 63.2 cm³/mol. The van der Waals surface area contributed by atoms with Crippen LogP contribution in [0.4, 0.5) is 29.3 Å². The van der Waals surface area contributed by atoms with E-state index < -0.39 is 23.7 Å². The van der Waals surface area contributed by atoms with E-state index in [0.717, 1.165) is 18.2 Å². The molecule has 2 amide bonds. The molecule has 0 bridgehead atoms. The minimum Gasteiger partial charge on any atom is -0.308 e. The molecule has 1 aromatic heterocycles. The van der Waals surface area contributed by atoms with Gasteiger partial charge in [-0.1, -0.05) is 6.07 Å². The Morgan fingerprint density at radius 2 is 1.58 bits per heavy atom. The smallest absolute Gasteiger partial charge is 0.308 e. The van der Waals surface area contributed by atoms with Gasteiger partial charge in [0.1, 0.15) is 5.82 Å². The summed E-state index contributed by atoms with van der Waals surface area (Å²) in [5.74, 6) is -2.62. The van der Waals surface area contributed by atoms with E-state index in [1.807, 2.05) is 0 Å². The highest BCUT2D eigenvalue weighted by molar-refractivity contribution is 5.99. The van der Waals surface area contributed by atoms with E-state index in [1.165, 1.54) is 18.2 Å². The highest BCUT2D eigenvalue weighted by Crippen LogP contribution is 2.12. The van der Waals surface area contributed by atoms with Crippen molar-refractivity contribution in [3.8, 4) is 0 Å². The lowest BCUT2D eigenvalue weighted by Gasteiger charge is -2.07. The Morgan fingerprint density at radius 1 is 0.947 bits per heavy atom. The van der Waals surface area contributed by atoms with E-state index in [0.29, 0.717) is 0 Å². The van der Waals surface area contributed by atoms with Crippen LogP contribution in [0.5, 0.6) is 0 Å². The van der Waals surface area contributed by atoms with Crippen molar-refractivity contribution >= 4 is 17.4 Å². The number of rotatable bonds is 2. The van der Waals surface area contributed by atoms with Crippen LogP contribution in [0.15, 0.2) is 36.4 Å². The summed E-state index contributed by atoms with van der Waals surface area (Å²) >= 11 is 0. The van der Waals surface area contributed by atoms with Crippen LogP contribution in [0.2, 0.25) is 0 Å². The summed E-state index contributed by atoms with van der Waals surface area (Å²) in [6.45, 7) is 0. The van der Waals surface area contributed by atoms with Gasteiger partial charge in [0.15, 0.2) is 0 Å². The number of benzene rings is 1. The normalized spacial score (nSPS) is 10.1. The lowest BCUT2D eigenvalue weighted by Crippen LogP contribution is -2.19. The van der Waals surface area contributed by atoms with Gasteiger partial charge >= 0.3 is 6.03 Å². The van der Waals surface area contributed by atoms with E-state index in [9.17, 15) is 18.0 Å². The standard InChI is InChI=1S/C12H8F3N3O/c13-7-2-1-3-8(4-7)16-12(19)17-9-5-10(14)18-11(15)6-9/h1-6H,(H2,16,17,18,19).